The summed E-state index contributed by atoms with van der Waals surface area (Å²) in [5.41, 5.74) is 2.32. The molecular weight excluding hydrogens is 166 g/mol. The van der Waals surface area contributed by atoms with E-state index in [1.165, 1.54) is 0 Å². The lowest BCUT2D eigenvalue weighted by Gasteiger charge is -2.16. The van der Waals surface area contributed by atoms with Crippen molar-refractivity contribution in [2.24, 2.45) is 0 Å². The molecule has 0 N–H and O–H groups in total. The summed E-state index contributed by atoms with van der Waals surface area (Å²) < 4.78 is 5.72. The van der Waals surface area contributed by atoms with Gasteiger partial charge in [-0.05, 0) is 18.9 Å². The molecule has 1 unspecified atom stereocenters. The van der Waals surface area contributed by atoms with Crippen LogP contribution < -0.4 is 0 Å². The van der Waals surface area contributed by atoms with Crippen LogP contribution in [0.2, 0.25) is 6.04 Å². The monoisotopic (exact) mass is 185 g/mol. The summed E-state index contributed by atoms with van der Waals surface area (Å²) in [6, 6.07) is 0.993. The molecule has 2 nitrogen and oxygen atoms in total. The fraction of sp³-hybridized carbons (Fsp3) is 0.889. The Morgan fingerprint density at radius 1 is 1.33 bits per heavy atom. The minimum absolute atomic E-state index is 0.327. The fourth-order valence-corrected chi connectivity index (χ4v) is 2.84. The Bertz CT molecular complexity index is 140. The second-order valence-corrected chi connectivity index (χ2v) is 5.07. The Morgan fingerprint density at radius 2 is 1.92 bits per heavy atom. The minimum atomic E-state index is -1.50. The summed E-state index contributed by atoms with van der Waals surface area (Å²) >= 11 is 0. The van der Waals surface area contributed by atoms with E-state index in [1.54, 1.807) is 0 Å². The van der Waals surface area contributed by atoms with E-state index in [4.69, 9.17) is 9.69 Å². The van der Waals surface area contributed by atoms with Crippen molar-refractivity contribution in [3.63, 3.8) is 0 Å². The maximum atomic E-state index is 8.78. The number of rotatable bonds is 6. The normalized spacial score (nSPS) is 12.9. The zero-order valence-electron chi connectivity index (χ0n) is 8.34. The largest absolute Gasteiger partial charge is 0.403 e. The summed E-state index contributed by atoms with van der Waals surface area (Å²) in [4.78, 5) is 0. The molecule has 12 heavy (non-hydrogen) atoms. The third-order valence-electron chi connectivity index (χ3n) is 1.96. The van der Waals surface area contributed by atoms with Crippen LogP contribution in [-0.2, 0) is 4.43 Å². The first-order chi connectivity index (χ1) is 5.78. The van der Waals surface area contributed by atoms with Crippen LogP contribution in [0.3, 0.4) is 0 Å². The predicted octanol–water partition coefficient (Wildman–Crippen LogP) is 2.39. The zero-order chi connectivity index (χ0) is 9.40. The molecule has 0 aliphatic heterocycles. The summed E-state index contributed by atoms with van der Waals surface area (Å²) in [5, 5.41) is 8.78. The second-order valence-electron chi connectivity index (χ2n) is 2.98. The highest BCUT2D eigenvalue weighted by molar-refractivity contribution is 6.60. The van der Waals surface area contributed by atoms with Gasteiger partial charge in [-0.25, -0.2) is 5.26 Å². The van der Waals surface area contributed by atoms with Crippen molar-refractivity contribution < 1.29 is 4.43 Å². The van der Waals surface area contributed by atoms with Crippen LogP contribution in [-0.4, -0.2) is 15.1 Å². The quantitative estimate of drug-likeness (QED) is 0.595. The van der Waals surface area contributed by atoms with Gasteiger partial charge in [0, 0.05) is 6.10 Å². The van der Waals surface area contributed by atoms with Crippen molar-refractivity contribution in [1.29, 1.82) is 5.26 Å². The zero-order valence-corrected chi connectivity index (χ0v) is 9.49. The molecule has 0 amide bonds. The van der Waals surface area contributed by atoms with Gasteiger partial charge in [-0.1, -0.05) is 27.2 Å². The Labute approximate surface area is 77.3 Å². The molecule has 0 radical (unpaired) electrons. The van der Waals surface area contributed by atoms with E-state index in [9.17, 15) is 0 Å². The molecule has 3 heteroatoms. The average Bonchev–Trinajstić information content (AvgIpc) is 2.12. The molecule has 0 aromatic rings. The van der Waals surface area contributed by atoms with E-state index in [0.29, 0.717) is 6.10 Å². The van der Waals surface area contributed by atoms with Crippen molar-refractivity contribution >= 4 is 9.04 Å². The van der Waals surface area contributed by atoms with E-state index in [0.717, 1.165) is 25.3 Å². The van der Waals surface area contributed by atoms with Gasteiger partial charge in [0.1, 0.15) is 0 Å². The van der Waals surface area contributed by atoms with Crippen molar-refractivity contribution in [2.45, 2.75) is 52.2 Å². The molecule has 0 saturated heterocycles. The molecule has 0 aliphatic carbocycles. The van der Waals surface area contributed by atoms with Crippen LogP contribution in [0.5, 0.6) is 0 Å². The maximum absolute atomic E-state index is 8.78. The molecule has 0 spiro atoms. The summed E-state index contributed by atoms with van der Waals surface area (Å²) in [6.45, 7) is 6.33. The average molecular weight is 185 g/mol. The maximum Gasteiger partial charge on any atom is 0.290 e. The highest BCUT2D eigenvalue weighted by Gasteiger charge is 2.14. The molecule has 0 aromatic heterocycles. The van der Waals surface area contributed by atoms with E-state index >= 15 is 0 Å². The molecule has 1 atom stereocenters. The van der Waals surface area contributed by atoms with Crippen molar-refractivity contribution in [3.8, 4) is 5.69 Å². The van der Waals surface area contributed by atoms with Gasteiger partial charge < -0.3 is 4.43 Å². The molecular formula is C9H19NOSi. The summed E-state index contributed by atoms with van der Waals surface area (Å²) in [7, 11) is -1.50. The van der Waals surface area contributed by atoms with Gasteiger partial charge in [0.05, 0.1) is 5.69 Å². The standard InChI is InChI=1S/C9H19NOSi/c1-4-7-12(8-10)11-9(5-2)6-3/h9,12H,4-7H2,1-3H3. The molecule has 0 rings (SSSR count). The third-order valence-corrected chi connectivity index (χ3v) is 4.07. The van der Waals surface area contributed by atoms with Gasteiger partial charge in [0.15, 0.2) is 0 Å². The third kappa shape index (κ3) is 4.53. The first-order valence-electron chi connectivity index (χ1n) is 4.83. The first-order valence-corrected chi connectivity index (χ1v) is 6.70. The number of hydrogen-bond donors (Lipinski definition) is 0. The predicted molar refractivity (Wildman–Crippen MR) is 53.3 cm³/mol. The molecule has 0 saturated carbocycles. The lowest BCUT2D eigenvalue weighted by atomic mass is 10.2. The fourth-order valence-electron chi connectivity index (χ4n) is 1.14. The molecule has 0 heterocycles. The van der Waals surface area contributed by atoms with Crippen LogP contribution in [0.4, 0.5) is 0 Å². The number of hydrogen-bond acceptors (Lipinski definition) is 2. The smallest absolute Gasteiger partial charge is 0.290 e. The van der Waals surface area contributed by atoms with Crippen LogP contribution >= 0.6 is 0 Å². The van der Waals surface area contributed by atoms with Crippen LogP contribution in [0.15, 0.2) is 0 Å². The summed E-state index contributed by atoms with van der Waals surface area (Å²) in [6.07, 6.45) is 3.47. The van der Waals surface area contributed by atoms with E-state index in [-0.39, 0.29) is 0 Å². The molecule has 70 valence electrons. The van der Waals surface area contributed by atoms with E-state index in [1.807, 2.05) is 0 Å². The lowest BCUT2D eigenvalue weighted by Crippen LogP contribution is -2.23. The van der Waals surface area contributed by atoms with Gasteiger partial charge in [0.2, 0.25) is 0 Å². The minimum Gasteiger partial charge on any atom is -0.403 e. The first kappa shape index (κ1) is 11.7. The Hall–Kier alpha value is -0.333. The SMILES string of the molecule is CCC[SiH](C#N)OC(CC)CC. The van der Waals surface area contributed by atoms with Crippen LogP contribution in [0.25, 0.3) is 0 Å². The van der Waals surface area contributed by atoms with Gasteiger partial charge in [-0.3, -0.25) is 0 Å². The highest BCUT2D eigenvalue weighted by Crippen LogP contribution is 2.07. The highest BCUT2D eigenvalue weighted by atomic mass is 28.3. The van der Waals surface area contributed by atoms with E-state index < -0.39 is 9.04 Å². The van der Waals surface area contributed by atoms with Crippen molar-refractivity contribution in [1.82, 2.24) is 0 Å². The van der Waals surface area contributed by atoms with Gasteiger partial charge in [-0.2, -0.15) is 0 Å². The topological polar surface area (TPSA) is 33.0 Å². The molecule has 0 aliphatic rings. The Morgan fingerprint density at radius 3 is 2.25 bits per heavy atom. The Kier molecular flexibility index (Phi) is 7.12. The second kappa shape index (κ2) is 7.32. The van der Waals surface area contributed by atoms with Crippen molar-refractivity contribution in [2.75, 3.05) is 0 Å². The Balaban J connectivity index is 3.76. The molecule has 0 aromatic carbocycles. The van der Waals surface area contributed by atoms with Crippen LogP contribution in [0, 0.1) is 11.0 Å². The van der Waals surface area contributed by atoms with E-state index in [2.05, 4.69) is 26.5 Å². The summed E-state index contributed by atoms with van der Waals surface area (Å²) in [5.74, 6) is 0. The van der Waals surface area contributed by atoms with Gasteiger partial charge in [0.25, 0.3) is 9.04 Å². The molecule has 0 fully saturated rings. The van der Waals surface area contributed by atoms with Gasteiger partial charge >= 0.3 is 0 Å². The van der Waals surface area contributed by atoms with Crippen molar-refractivity contribution in [3.05, 3.63) is 0 Å². The number of nitriles is 1. The number of nitrogens with zero attached hydrogens (tertiary/aromatic N) is 1. The van der Waals surface area contributed by atoms with Gasteiger partial charge in [-0.15, -0.1) is 0 Å². The van der Waals surface area contributed by atoms with Crippen LogP contribution in [0.1, 0.15) is 40.0 Å². The molecule has 0 bridgehead atoms. The lowest BCUT2D eigenvalue weighted by molar-refractivity contribution is 0.196.